The molecule has 0 aliphatic carbocycles. The normalized spacial score (nSPS) is 13.4. The van der Waals surface area contributed by atoms with Crippen molar-refractivity contribution in [3.05, 3.63) is 4.91 Å². The lowest BCUT2D eigenvalue weighted by molar-refractivity contribution is 0.199. The Morgan fingerprint density at radius 3 is 2.71 bits per heavy atom. The second-order valence-corrected chi connectivity index (χ2v) is 1.50. The zero-order valence-corrected chi connectivity index (χ0v) is 4.68. The molecule has 4 heteroatoms. The van der Waals surface area contributed by atoms with E-state index in [4.69, 9.17) is 11.6 Å². The lowest BCUT2D eigenvalue weighted by Gasteiger charge is -1.93. The topological polar surface area (TPSA) is 38.7 Å². The molecule has 0 radical (unpaired) electrons. The summed E-state index contributed by atoms with van der Waals surface area (Å²) in [4.78, 5) is 9.43. The molecule has 0 N–H and O–H groups in total. The molecule has 0 saturated heterocycles. The first-order valence-electron chi connectivity index (χ1n) is 1.76. The quantitative estimate of drug-likeness (QED) is 0.319. The van der Waals surface area contributed by atoms with Gasteiger partial charge in [-0.05, 0) is 5.18 Å². The lowest BCUT2D eigenvalue weighted by atomic mass is 10.7. The number of nitroso groups, excluding NO2 is 1. The third-order valence-electron chi connectivity index (χ3n) is 0.419. The van der Waals surface area contributed by atoms with Gasteiger partial charge < -0.3 is 4.74 Å². The minimum atomic E-state index is -0.731. The number of ether oxygens (including phenoxy) is 1. The molecule has 3 nitrogen and oxygen atoms in total. The minimum Gasteiger partial charge on any atom is -0.381 e. The van der Waals surface area contributed by atoms with Crippen molar-refractivity contribution in [1.82, 2.24) is 0 Å². The van der Waals surface area contributed by atoms with Crippen LogP contribution < -0.4 is 0 Å². The van der Waals surface area contributed by atoms with Crippen molar-refractivity contribution in [2.75, 3.05) is 13.7 Å². The Hall–Kier alpha value is -0.150. The van der Waals surface area contributed by atoms with E-state index in [1.165, 1.54) is 7.11 Å². The Bertz CT molecular complexity index is 58.9. The third kappa shape index (κ3) is 3.69. The molecule has 7 heavy (non-hydrogen) atoms. The standard InChI is InChI=1S/C3H6ClNO2/c1-7-2-3(4)5-6/h3H,2H2,1H3. The molecule has 0 aliphatic rings. The van der Waals surface area contributed by atoms with Crippen LogP contribution in [0, 0.1) is 4.91 Å². The average molecular weight is 124 g/mol. The van der Waals surface area contributed by atoms with Gasteiger partial charge in [-0.25, -0.2) is 0 Å². The van der Waals surface area contributed by atoms with E-state index in [2.05, 4.69) is 9.91 Å². The van der Waals surface area contributed by atoms with Gasteiger partial charge in [0.25, 0.3) is 0 Å². The number of alkyl halides is 1. The van der Waals surface area contributed by atoms with Crippen molar-refractivity contribution in [2.24, 2.45) is 5.18 Å². The molecule has 42 valence electrons. The van der Waals surface area contributed by atoms with Gasteiger partial charge in [0.15, 0.2) is 5.50 Å². The maximum atomic E-state index is 9.43. The Morgan fingerprint density at radius 1 is 2.00 bits per heavy atom. The maximum Gasteiger partial charge on any atom is 0.188 e. The number of hydrogen-bond acceptors (Lipinski definition) is 3. The molecule has 0 aliphatic heterocycles. The lowest BCUT2D eigenvalue weighted by Crippen LogP contribution is -2.01. The monoisotopic (exact) mass is 123 g/mol. The van der Waals surface area contributed by atoms with Gasteiger partial charge in [0.2, 0.25) is 0 Å². The van der Waals surface area contributed by atoms with Crippen LogP contribution in [0.2, 0.25) is 0 Å². The molecule has 0 amide bonds. The van der Waals surface area contributed by atoms with Gasteiger partial charge >= 0.3 is 0 Å². The van der Waals surface area contributed by atoms with Crippen LogP contribution in [0.1, 0.15) is 0 Å². The maximum absolute atomic E-state index is 9.43. The van der Waals surface area contributed by atoms with Gasteiger partial charge in [-0.1, -0.05) is 11.6 Å². The van der Waals surface area contributed by atoms with E-state index in [0.717, 1.165) is 0 Å². The van der Waals surface area contributed by atoms with Crippen LogP contribution in [0.5, 0.6) is 0 Å². The molecule has 0 fully saturated rings. The fourth-order valence-corrected chi connectivity index (χ4v) is 0.294. The molecule has 0 bridgehead atoms. The summed E-state index contributed by atoms with van der Waals surface area (Å²) in [6.45, 7) is 0.186. The molecule has 0 aromatic rings. The van der Waals surface area contributed by atoms with Gasteiger partial charge in [-0.2, -0.15) is 0 Å². The third-order valence-corrected chi connectivity index (χ3v) is 0.624. The van der Waals surface area contributed by atoms with Gasteiger partial charge in [-0.3, -0.25) is 0 Å². The fourth-order valence-electron chi connectivity index (χ4n) is 0.168. The number of hydrogen-bond donors (Lipinski definition) is 0. The van der Waals surface area contributed by atoms with Crippen LogP contribution in [0.15, 0.2) is 5.18 Å². The van der Waals surface area contributed by atoms with E-state index in [9.17, 15) is 4.91 Å². The average Bonchev–Trinajstić information content (AvgIpc) is 1.68. The number of nitrogens with zero attached hydrogens (tertiary/aromatic N) is 1. The fraction of sp³-hybridized carbons (Fsp3) is 1.00. The van der Waals surface area contributed by atoms with E-state index in [1.54, 1.807) is 0 Å². The first-order chi connectivity index (χ1) is 3.31. The Labute approximate surface area is 46.6 Å². The van der Waals surface area contributed by atoms with Crippen LogP contribution >= 0.6 is 11.6 Å². The van der Waals surface area contributed by atoms with E-state index >= 15 is 0 Å². The van der Waals surface area contributed by atoms with Gasteiger partial charge in [0.05, 0.1) is 6.61 Å². The smallest absolute Gasteiger partial charge is 0.188 e. The summed E-state index contributed by atoms with van der Waals surface area (Å²) in [6, 6.07) is 0. The first kappa shape index (κ1) is 6.85. The van der Waals surface area contributed by atoms with Gasteiger partial charge in [0, 0.05) is 7.11 Å². The van der Waals surface area contributed by atoms with Crippen molar-refractivity contribution >= 4 is 11.6 Å². The molecule has 0 spiro atoms. The summed E-state index contributed by atoms with van der Waals surface area (Å²) in [7, 11) is 1.46. The molecular weight excluding hydrogens is 117 g/mol. The summed E-state index contributed by atoms with van der Waals surface area (Å²) < 4.78 is 4.47. The summed E-state index contributed by atoms with van der Waals surface area (Å²) in [6.07, 6.45) is 0. The van der Waals surface area contributed by atoms with Crippen LogP contribution in [-0.2, 0) is 4.74 Å². The zero-order chi connectivity index (χ0) is 5.70. The van der Waals surface area contributed by atoms with Gasteiger partial charge in [0.1, 0.15) is 0 Å². The van der Waals surface area contributed by atoms with E-state index in [0.29, 0.717) is 0 Å². The number of halogens is 1. The Morgan fingerprint density at radius 2 is 2.57 bits per heavy atom. The van der Waals surface area contributed by atoms with Crippen LogP contribution in [0.25, 0.3) is 0 Å². The minimum absolute atomic E-state index is 0.186. The summed E-state index contributed by atoms with van der Waals surface area (Å²) in [5.41, 5.74) is -0.731. The van der Waals surface area contributed by atoms with Crippen LogP contribution in [0.3, 0.4) is 0 Å². The van der Waals surface area contributed by atoms with Gasteiger partial charge in [-0.15, -0.1) is 4.91 Å². The van der Waals surface area contributed by atoms with Crippen molar-refractivity contribution in [2.45, 2.75) is 5.50 Å². The second-order valence-electron chi connectivity index (χ2n) is 0.995. The second kappa shape index (κ2) is 4.02. The molecule has 1 unspecified atom stereocenters. The molecular formula is C3H6ClNO2. The molecule has 1 atom stereocenters. The molecule has 0 rings (SSSR count). The van der Waals surface area contributed by atoms with Crippen molar-refractivity contribution < 1.29 is 4.74 Å². The Balaban J connectivity index is 2.98. The van der Waals surface area contributed by atoms with Crippen molar-refractivity contribution in [1.29, 1.82) is 0 Å². The van der Waals surface area contributed by atoms with E-state index in [1.807, 2.05) is 0 Å². The highest BCUT2D eigenvalue weighted by molar-refractivity contribution is 6.20. The molecule has 0 heterocycles. The highest BCUT2D eigenvalue weighted by atomic mass is 35.5. The van der Waals surface area contributed by atoms with Crippen molar-refractivity contribution in [3.63, 3.8) is 0 Å². The van der Waals surface area contributed by atoms with Crippen molar-refractivity contribution in [3.8, 4) is 0 Å². The SMILES string of the molecule is COCC(Cl)N=O. The summed E-state index contributed by atoms with van der Waals surface area (Å²) in [5, 5.41) is 2.47. The highest BCUT2D eigenvalue weighted by Crippen LogP contribution is 1.94. The van der Waals surface area contributed by atoms with Crippen LogP contribution in [-0.4, -0.2) is 19.2 Å². The summed E-state index contributed by atoms with van der Waals surface area (Å²) in [5.74, 6) is 0. The number of methoxy groups -OCH3 is 1. The number of rotatable bonds is 3. The largest absolute Gasteiger partial charge is 0.381 e. The zero-order valence-electron chi connectivity index (χ0n) is 3.93. The molecule has 0 aromatic carbocycles. The highest BCUT2D eigenvalue weighted by Gasteiger charge is 1.98. The molecule has 0 aromatic heterocycles. The predicted octanol–water partition coefficient (Wildman–Crippen LogP) is 0.964. The van der Waals surface area contributed by atoms with Crippen LogP contribution in [0.4, 0.5) is 0 Å². The summed E-state index contributed by atoms with van der Waals surface area (Å²) >= 11 is 5.16. The molecule has 0 saturated carbocycles. The van der Waals surface area contributed by atoms with E-state index in [-0.39, 0.29) is 6.61 Å². The van der Waals surface area contributed by atoms with E-state index < -0.39 is 5.50 Å². The first-order valence-corrected chi connectivity index (χ1v) is 2.20. The Kier molecular flexibility index (Phi) is 3.93. The predicted molar refractivity (Wildman–Crippen MR) is 27.3 cm³/mol.